The van der Waals surface area contributed by atoms with Crippen molar-refractivity contribution in [3.8, 4) is 5.88 Å². The van der Waals surface area contributed by atoms with E-state index in [1.165, 1.54) is 4.90 Å². The number of likely N-dealkylation sites (tertiary alicyclic amines) is 1. The lowest BCUT2D eigenvalue weighted by Gasteiger charge is -2.35. The van der Waals surface area contributed by atoms with Crippen LogP contribution in [0.25, 0.3) is 10.8 Å². The number of carbonyl (C=O) groups is 4. The number of aryl methyl sites for hydroxylation is 1. The lowest BCUT2D eigenvalue weighted by molar-refractivity contribution is -0.161. The predicted molar refractivity (Wildman–Crippen MR) is 184 cm³/mol. The fourth-order valence-electron chi connectivity index (χ4n) is 6.77. The Hall–Kier alpha value is -3.72. The fourth-order valence-corrected chi connectivity index (χ4v) is 7.54. The number of alkyl halides is 2. The zero-order valence-electron chi connectivity index (χ0n) is 30.5. The minimum atomic E-state index is -4.87. The van der Waals surface area contributed by atoms with Gasteiger partial charge in [0.25, 0.3) is 6.43 Å². The summed E-state index contributed by atoms with van der Waals surface area (Å²) in [4.78, 5) is 60.9. The standard InChI is InChI=1S/C36H49F2N3O9S/c1-9-23-17-36(23,33(45)40-51(46,47)48-20-29(37)38)18-28(42)27-15-24(49-31-25-11-10-21(2)14-22(25)12-13-39-31)19-41(27)32(44)26(34(3,4)5)16-30(43)50-35(6,7)8/h10-14,23-24,26-27,29H,9,15-20H2,1-8H3,(H,40,45)/t23-,24-,26-,27+,36-/m1/s1. The molecule has 2 amide bonds. The van der Waals surface area contributed by atoms with Crippen LogP contribution in [0.4, 0.5) is 8.78 Å². The second-order valence-corrected chi connectivity index (χ2v) is 17.0. The van der Waals surface area contributed by atoms with Crippen LogP contribution in [-0.2, 0) is 38.4 Å². The molecule has 4 rings (SSSR count). The second kappa shape index (κ2) is 15.1. The number of pyridine rings is 1. The van der Waals surface area contributed by atoms with Crippen LogP contribution in [0, 0.1) is 29.6 Å². The summed E-state index contributed by atoms with van der Waals surface area (Å²) in [5, 5.41) is 1.63. The molecule has 0 bridgehead atoms. The van der Waals surface area contributed by atoms with Crippen LogP contribution < -0.4 is 9.46 Å². The van der Waals surface area contributed by atoms with Gasteiger partial charge in [0.05, 0.1) is 30.3 Å². The molecule has 0 unspecified atom stereocenters. The highest BCUT2D eigenvalue weighted by Crippen LogP contribution is 2.58. The smallest absolute Gasteiger partial charge is 0.362 e. The van der Waals surface area contributed by atoms with Gasteiger partial charge in [0.2, 0.25) is 17.7 Å². The van der Waals surface area contributed by atoms with Gasteiger partial charge in [-0.15, -0.1) is 0 Å². The molecule has 0 spiro atoms. The number of Topliss-reactive ketones (excluding diaryl/α,β-unsaturated/α-hetero) is 1. The van der Waals surface area contributed by atoms with Gasteiger partial charge in [-0.3, -0.25) is 19.2 Å². The Kier molecular flexibility index (Phi) is 11.9. The Bertz CT molecular complexity index is 1760. The summed E-state index contributed by atoms with van der Waals surface area (Å²) in [7, 11) is -4.87. The molecule has 1 N–H and O–H groups in total. The number of ketones is 1. The Morgan fingerprint density at radius 2 is 1.78 bits per heavy atom. The maximum Gasteiger partial charge on any atom is 0.362 e. The number of hydrogen-bond donors (Lipinski definition) is 1. The van der Waals surface area contributed by atoms with Crippen molar-refractivity contribution in [1.29, 1.82) is 0 Å². The third-order valence-corrected chi connectivity index (χ3v) is 10.3. The molecule has 51 heavy (non-hydrogen) atoms. The lowest BCUT2D eigenvalue weighted by Crippen LogP contribution is -2.49. The number of hydrogen-bond acceptors (Lipinski definition) is 10. The van der Waals surface area contributed by atoms with E-state index in [0.29, 0.717) is 12.3 Å². The Labute approximate surface area is 298 Å². The number of rotatable bonds is 14. The van der Waals surface area contributed by atoms with Gasteiger partial charge in [0.15, 0.2) is 5.78 Å². The summed E-state index contributed by atoms with van der Waals surface area (Å²) in [5.74, 6) is -3.52. The van der Waals surface area contributed by atoms with Crippen molar-refractivity contribution in [3.63, 3.8) is 0 Å². The zero-order valence-corrected chi connectivity index (χ0v) is 31.3. The van der Waals surface area contributed by atoms with Crippen LogP contribution in [0.1, 0.15) is 86.1 Å². The molecule has 2 heterocycles. The third kappa shape index (κ3) is 10.00. The topological polar surface area (TPSA) is 158 Å². The normalized spacial score (nSPS) is 22.9. The molecule has 282 valence electrons. The van der Waals surface area contributed by atoms with Gasteiger partial charge in [0, 0.05) is 24.4 Å². The molecule has 15 heteroatoms. The van der Waals surface area contributed by atoms with E-state index >= 15 is 0 Å². The third-order valence-electron chi connectivity index (χ3n) is 9.45. The van der Waals surface area contributed by atoms with Crippen LogP contribution >= 0.6 is 0 Å². The van der Waals surface area contributed by atoms with E-state index in [0.717, 1.165) is 16.3 Å². The Morgan fingerprint density at radius 1 is 1.10 bits per heavy atom. The first kappa shape index (κ1) is 40.1. The van der Waals surface area contributed by atoms with Crippen LogP contribution in [0.3, 0.4) is 0 Å². The quantitative estimate of drug-likeness (QED) is 0.252. The molecule has 2 aliphatic rings. The average molecular weight is 738 g/mol. The number of halogens is 2. The number of carbonyl (C=O) groups excluding carboxylic acids is 4. The van der Waals surface area contributed by atoms with Crippen molar-refractivity contribution < 1.29 is 50.0 Å². The van der Waals surface area contributed by atoms with Crippen LogP contribution in [0.15, 0.2) is 30.5 Å². The first-order valence-electron chi connectivity index (χ1n) is 17.1. The number of nitrogens with zero attached hydrogens (tertiary/aromatic N) is 2. The molecule has 1 aliphatic carbocycles. The first-order valence-corrected chi connectivity index (χ1v) is 18.5. The van der Waals surface area contributed by atoms with Crippen LogP contribution in [-0.4, -0.2) is 79.2 Å². The molecular weight excluding hydrogens is 688 g/mol. The summed E-state index contributed by atoms with van der Waals surface area (Å²) < 4.78 is 67.7. The van der Waals surface area contributed by atoms with Gasteiger partial charge in [-0.25, -0.2) is 22.7 Å². The Balaban J connectivity index is 1.65. The van der Waals surface area contributed by atoms with E-state index < -0.39 is 87.8 Å². The molecule has 5 atom stereocenters. The van der Waals surface area contributed by atoms with Crippen molar-refractivity contribution in [2.24, 2.45) is 22.7 Å². The molecule has 2 fully saturated rings. The molecule has 1 aromatic heterocycles. The van der Waals surface area contributed by atoms with Gasteiger partial charge >= 0.3 is 16.3 Å². The van der Waals surface area contributed by atoms with Gasteiger partial charge in [-0.05, 0) is 63.0 Å². The minimum Gasteiger partial charge on any atom is -0.472 e. The second-order valence-electron chi connectivity index (χ2n) is 15.7. The van der Waals surface area contributed by atoms with Crippen molar-refractivity contribution in [2.75, 3.05) is 13.2 Å². The van der Waals surface area contributed by atoms with Crippen molar-refractivity contribution in [1.82, 2.24) is 14.6 Å². The van der Waals surface area contributed by atoms with Gasteiger partial charge in [-0.2, -0.15) is 8.42 Å². The molecule has 1 saturated heterocycles. The average Bonchev–Trinajstić information content (AvgIpc) is 3.56. The molecule has 1 saturated carbocycles. The van der Waals surface area contributed by atoms with E-state index in [2.05, 4.69) is 9.17 Å². The number of esters is 1. The maximum absolute atomic E-state index is 14.5. The molecule has 1 aromatic carbocycles. The fraction of sp³-hybridized carbons (Fsp3) is 0.639. The number of ether oxygens (including phenoxy) is 2. The first-order chi connectivity index (χ1) is 23.5. The SMILES string of the molecule is CC[C@@H]1C[C@]1(CC(=O)[C@@H]1C[C@@H](Oc2nccc3cc(C)ccc23)CN1C(=O)[C@@H](CC(=O)OC(C)(C)C)C(C)(C)C)C(=O)NS(=O)(=O)OCC(F)F. The zero-order chi connectivity index (χ0) is 38.1. The number of amides is 2. The molecule has 12 nitrogen and oxygen atoms in total. The number of nitrogens with one attached hydrogen (secondary N) is 1. The van der Waals surface area contributed by atoms with E-state index in [1.807, 2.05) is 52.0 Å². The molecule has 1 aliphatic heterocycles. The summed E-state index contributed by atoms with van der Waals surface area (Å²) in [6.07, 6.45) is -2.18. The molecule has 2 aromatic rings. The highest BCUT2D eigenvalue weighted by atomic mass is 32.2. The maximum atomic E-state index is 14.5. The van der Waals surface area contributed by atoms with Crippen molar-refractivity contribution in [2.45, 2.75) is 112 Å². The summed E-state index contributed by atoms with van der Waals surface area (Å²) in [6, 6.07) is 6.54. The number of fused-ring (bicyclic) bond motifs is 1. The van der Waals surface area contributed by atoms with Crippen LogP contribution in [0.5, 0.6) is 5.88 Å². The van der Waals surface area contributed by atoms with Gasteiger partial charge in [0.1, 0.15) is 18.3 Å². The number of aromatic nitrogens is 1. The monoisotopic (exact) mass is 737 g/mol. The lowest BCUT2D eigenvalue weighted by atomic mass is 9.77. The summed E-state index contributed by atoms with van der Waals surface area (Å²) in [6.45, 7) is 12.9. The highest BCUT2D eigenvalue weighted by molar-refractivity contribution is 7.85. The van der Waals surface area contributed by atoms with E-state index in [9.17, 15) is 36.4 Å². The highest BCUT2D eigenvalue weighted by Gasteiger charge is 2.61. The predicted octanol–water partition coefficient (Wildman–Crippen LogP) is 5.30. The molecular formula is C36H49F2N3O9S. The minimum absolute atomic E-state index is 0.0215. The van der Waals surface area contributed by atoms with E-state index in [-0.39, 0.29) is 31.7 Å². The van der Waals surface area contributed by atoms with Crippen molar-refractivity contribution in [3.05, 3.63) is 36.0 Å². The molecule has 0 radical (unpaired) electrons. The summed E-state index contributed by atoms with van der Waals surface area (Å²) in [5.41, 5.74) is -1.93. The summed E-state index contributed by atoms with van der Waals surface area (Å²) >= 11 is 0. The van der Waals surface area contributed by atoms with E-state index in [4.69, 9.17) is 9.47 Å². The Morgan fingerprint density at radius 3 is 2.37 bits per heavy atom. The van der Waals surface area contributed by atoms with Gasteiger partial charge in [-0.1, -0.05) is 51.8 Å². The van der Waals surface area contributed by atoms with Crippen LogP contribution in [0.2, 0.25) is 0 Å². The van der Waals surface area contributed by atoms with Gasteiger partial charge < -0.3 is 14.4 Å². The number of benzene rings is 1. The largest absolute Gasteiger partial charge is 0.472 e. The van der Waals surface area contributed by atoms with E-state index in [1.54, 1.807) is 38.6 Å². The van der Waals surface area contributed by atoms with Crippen molar-refractivity contribution >= 4 is 44.6 Å².